The van der Waals surface area contributed by atoms with E-state index in [1.165, 1.54) is 6.92 Å². The fourth-order valence-corrected chi connectivity index (χ4v) is 3.93. The Bertz CT molecular complexity index is 1200. The number of rotatable bonds is 4. The van der Waals surface area contributed by atoms with Crippen molar-refractivity contribution in [1.29, 1.82) is 0 Å². The van der Waals surface area contributed by atoms with Crippen LogP contribution in [0.5, 0.6) is 0 Å². The van der Waals surface area contributed by atoms with Crippen LogP contribution in [0.3, 0.4) is 0 Å². The van der Waals surface area contributed by atoms with E-state index in [1.54, 1.807) is 16.7 Å². The van der Waals surface area contributed by atoms with Crippen molar-refractivity contribution in [1.82, 2.24) is 9.55 Å². The molecule has 0 radical (unpaired) electrons. The lowest BCUT2D eigenvalue weighted by atomic mass is 10.1. The molecular weight excluding hydrogens is 417 g/mol. The Morgan fingerprint density at radius 2 is 2.03 bits per heavy atom. The third-order valence-corrected chi connectivity index (χ3v) is 5.76. The van der Waals surface area contributed by atoms with Crippen LogP contribution in [-0.2, 0) is 6.18 Å². The van der Waals surface area contributed by atoms with Crippen molar-refractivity contribution in [2.75, 3.05) is 11.1 Å². The van der Waals surface area contributed by atoms with Crippen LogP contribution in [0.1, 0.15) is 48.7 Å². The zero-order valence-corrected chi connectivity index (χ0v) is 17.1. The predicted octanol–water partition coefficient (Wildman–Crippen LogP) is 5.47. The molecule has 1 aromatic carbocycles. The lowest BCUT2D eigenvalue weighted by Gasteiger charge is -2.23. The first-order chi connectivity index (χ1) is 14.1. The molecule has 1 aliphatic carbocycles. The quantitative estimate of drug-likeness (QED) is 0.569. The highest BCUT2D eigenvalue weighted by atomic mass is 35.5. The molecule has 1 aliphatic rings. The van der Waals surface area contributed by atoms with Crippen LogP contribution < -0.4 is 16.6 Å². The lowest BCUT2D eigenvalue weighted by molar-refractivity contribution is -0.137. The van der Waals surface area contributed by atoms with Gasteiger partial charge in [-0.1, -0.05) is 23.7 Å². The maximum absolute atomic E-state index is 13.2. The van der Waals surface area contributed by atoms with Gasteiger partial charge < -0.3 is 15.6 Å². The second kappa shape index (κ2) is 7.19. The fraction of sp³-hybridized carbons (Fsp3) is 0.333. The van der Waals surface area contributed by atoms with Crippen LogP contribution in [0.2, 0.25) is 5.02 Å². The number of alkyl halides is 3. The summed E-state index contributed by atoms with van der Waals surface area (Å²) in [6.45, 7) is 3.32. The molecule has 4 rings (SSSR count). The summed E-state index contributed by atoms with van der Waals surface area (Å²) in [5.41, 5.74) is 5.15. The summed E-state index contributed by atoms with van der Waals surface area (Å²) in [4.78, 5) is 17.1. The molecule has 9 heteroatoms. The second-order valence-corrected chi connectivity index (χ2v) is 8.01. The van der Waals surface area contributed by atoms with E-state index in [2.05, 4.69) is 10.3 Å². The van der Waals surface area contributed by atoms with Gasteiger partial charge in [-0.2, -0.15) is 13.2 Å². The van der Waals surface area contributed by atoms with Crippen LogP contribution in [0.4, 0.5) is 24.7 Å². The molecule has 0 bridgehead atoms. The standard InChI is InChI=1S/C21H20ClF3N4O/c1-10-18(26)14(21(23,24)25)9-27-19(10)28-11(2)16-8-12-4-3-5-15(22)17(12)20(30)29(16)13-6-7-13/h3-5,8-9,11,13H,6-7H2,1-2H3,(H3,26,27,28). The van der Waals surface area contributed by atoms with Crippen molar-refractivity contribution in [2.24, 2.45) is 0 Å². The number of pyridine rings is 2. The van der Waals surface area contributed by atoms with Crippen molar-refractivity contribution in [3.05, 3.63) is 62.7 Å². The molecule has 3 aromatic rings. The van der Waals surface area contributed by atoms with Crippen LogP contribution in [0.25, 0.3) is 10.8 Å². The summed E-state index contributed by atoms with van der Waals surface area (Å²) in [7, 11) is 0. The minimum atomic E-state index is -4.57. The van der Waals surface area contributed by atoms with Gasteiger partial charge in [-0.3, -0.25) is 4.79 Å². The number of nitrogens with one attached hydrogen (secondary N) is 1. The Kier molecular flexibility index (Phi) is 4.92. The molecule has 0 saturated heterocycles. The number of nitrogen functional groups attached to an aromatic ring is 1. The zero-order valence-electron chi connectivity index (χ0n) is 16.3. The largest absolute Gasteiger partial charge is 0.419 e. The van der Waals surface area contributed by atoms with Gasteiger partial charge in [-0.25, -0.2) is 4.98 Å². The molecule has 1 saturated carbocycles. The van der Waals surface area contributed by atoms with Crippen LogP contribution in [0.15, 0.2) is 35.3 Å². The number of hydrogen-bond donors (Lipinski definition) is 2. The van der Waals surface area contributed by atoms with E-state index in [0.717, 1.165) is 24.7 Å². The van der Waals surface area contributed by atoms with Crippen LogP contribution >= 0.6 is 11.6 Å². The summed E-state index contributed by atoms with van der Waals surface area (Å²) < 4.78 is 40.9. The predicted molar refractivity (Wildman–Crippen MR) is 112 cm³/mol. The summed E-state index contributed by atoms with van der Waals surface area (Å²) in [5.74, 6) is 0.244. The van der Waals surface area contributed by atoms with E-state index in [0.29, 0.717) is 15.8 Å². The Hall–Kier alpha value is -2.74. The molecule has 2 aromatic heterocycles. The molecular formula is C21H20ClF3N4O. The van der Waals surface area contributed by atoms with Gasteiger partial charge in [0.25, 0.3) is 5.56 Å². The number of benzene rings is 1. The average molecular weight is 437 g/mol. The van der Waals surface area contributed by atoms with Gasteiger partial charge in [0.15, 0.2) is 0 Å². The molecule has 5 nitrogen and oxygen atoms in total. The Labute approximate surface area is 175 Å². The number of hydrogen-bond acceptors (Lipinski definition) is 4. The van der Waals surface area contributed by atoms with Crippen molar-refractivity contribution in [3.8, 4) is 0 Å². The van der Waals surface area contributed by atoms with E-state index in [1.807, 2.05) is 19.1 Å². The molecule has 3 N–H and O–H groups in total. The second-order valence-electron chi connectivity index (χ2n) is 7.60. The maximum atomic E-state index is 13.2. The Morgan fingerprint density at radius 1 is 1.33 bits per heavy atom. The molecule has 0 aliphatic heterocycles. The minimum Gasteiger partial charge on any atom is -0.398 e. The van der Waals surface area contributed by atoms with Crippen molar-refractivity contribution >= 4 is 33.9 Å². The molecule has 0 spiro atoms. The molecule has 1 fully saturated rings. The van der Waals surface area contributed by atoms with Crippen LogP contribution in [-0.4, -0.2) is 9.55 Å². The monoisotopic (exact) mass is 436 g/mol. The average Bonchev–Trinajstić information content (AvgIpc) is 3.49. The molecule has 2 heterocycles. The highest BCUT2D eigenvalue weighted by Crippen LogP contribution is 2.39. The van der Waals surface area contributed by atoms with Gasteiger partial charge in [0.1, 0.15) is 5.82 Å². The van der Waals surface area contributed by atoms with Gasteiger partial charge in [-0.05, 0) is 44.2 Å². The Balaban J connectivity index is 1.78. The highest BCUT2D eigenvalue weighted by Gasteiger charge is 2.35. The topological polar surface area (TPSA) is 72.9 Å². The maximum Gasteiger partial charge on any atom is 0.419 e. The van der Waals surface area contributed by atoms with E-state index in [4.69, 9.17) is 17.3 Å². The normalized spacial score (nSPS) is 15.4. The van der Waals surface area contributed by atoms with E-state index in [-0.39, 0.29) is 28.7 Å². The number of nitrogens with zero attached hydrogens (tertiary/aromatic N) is 2. The van der Waals surface area contributed by atoms with Crippen molar-refractivity contribution in [3.63, 3.8) is 0 Å². The number of aromatic nitrogens is 2. The smallest absolute Gasteiger partial charge is 0.398 e. The van der Waals surface area contributed by atoms with E-state index in [9.17, 15) is 18.0 Å². The number of halogens is 4. The number of anilines is 2. The Morgan fingerprint density at radius 3 is 2.67 bits per heavy atom. The molecule has 1 unspecified atom stereocenters. The number of nitrogens with two attached hydrogens (primary N) is 1. The number of fused-ring (bicyclic) bond motifs is 1. The first-order valence-corrected chi connectivity index (χ1v) is 9.90. The van der Waals surface area contributed by atoms with Gasteiger partial charge in [-0.15, -0.1) is 0 Å². The SMILES string of the molecule is Cc1c(NC(C)c2cc3cccc(Cl)c3c(=O)n2C2CC2)ncc(C(F)(F)F)c1N. The van der Waals surface area contributed by atoms with Crippen molar-refractivity contribution < 1.29 is 13.2 Å². The van der Waals surface area contributed by atoms with Crippen molar-refractivity contribution in [2.45, 2.75) is 44.9 Å². The summed E-state index contributed by atoms with van der Waals surface area (Å²) in [5, 5.41) is 4.70. The van der Waals surface area contributed by atoms with E-state index < -0.39 is 17.8 Å². The van der Waals surface area contributed by atoms with Gasteiger partial charge >= 0.3 is 6.18 Å². The first kappa shape index (κ1) is 20.5. The third-order valence-electron chi connectivity index (χ3n) is 5.45. The first-order valence-electron chi connectivity index (χ1n) is 9.52. The van der Waals surface area contributed by atoms with Gasteiger partial charge in [0.05, 0.1) is 27.7 Å². The molecule has 30 heavy (non-hydrogen) atoms. The van der Waals surface area contributed by atoms with Crippen LogP contribution in [0, 0.1) is 6.92 Å². The zero-order chi connectivity index (χ0) is 21.8. The van der Waals surface area contributed by atoms with E-state index >= 15 is 0 Å². The van der Waals surface area contributed by atoms with Gasteiger partial charge in [0.2, 0.25) is 0 Å². The van der Waals surface area contributed by atoms with Gasteiger partial charge in [0, 0.05) is 23.5 Å². The highest BCUT2D eigenvalue weighted by molar-refractivity contribution is 6.35. The summed E-state index contributed by atoms with van der Waals surface area (Å²) in [6, 6.07) is 6.85. The summed E-state index contributed by atoms with van der Waals surface area (Å²) >= 11 is 6.27. The molecule has 1 atom stereocenters. The fourth-order valence-electron chi connectivity index (χ4n) is 3.67. The lowest BCUT2D eigenvalue weighted by Crippen LogP contribution is -2.26. The molecule has 0 amide bonds. The molecule has 158 valence electrons. The third kappa shape index (κ3) is 3.49. The minimum absolute atomic E-state index is 0.0872. The summed E-state index contributed by atoms with van der Waals surface area (Å²) in [6.07, 6.45) is -2.07.